The Balaban J connectivity index is 1.84. The number of nitrogens with zero attached hydrogens (tertiary/aromatic N) is 2. The first kappa shape index (κ1) is 11.8. The summed E-state index contributed by atoms with van der Waals surface area (Å²) in [5.41, 5.74) is 8.55. The molecule has 2 heterocycles. The fourth-order valence-electron chi connectivity index (χ4n) is 2.49. The molecular formula is C14H16N4O. The Bertz CT molecular complexity index is 605. The molecule has 1 aliphatic heterocycles. The van der Waals surface area contributed by atoms with Gasteiger partial charge in [-0.2, -0.15) is 5.10 Å². The van der Waals surface area contributed by atoms with Gasteiger partial charge in [0.15, 0.2) is 0 Å². The molecule has 19 heavy (non-hydrogen) atoms. The van der Waals surface area contributed by atoms with Crippen molar-refractivity contribution in [1.82, 2.24) is 15.1 Å². The molecule has 0 atom stereocenters. The Labute approximate surface area is 111 Å². The first-order chi connectivity index (χ1) is 9.24. The molecule has 0 fully saturated rings. The molecule has 5 nitrogen and oxygen atoms in total. The summed E-state index contributed by atoms with van der Waals surface area (Å²) in [5, 5.41) is 6.49. The molecule has 2 aromatic rings. The van der Waals surface area contributed by atoms with Crippen LogP contribution in [0.25, 0.3) is 0 Å². The molecular weight excluding hydrogens is 240 g/mol. The van der Waals surface area contributed by atoms with Crippen LogP contribution < -0.4 is 5.73 Å². The van der Waals surface area contributed by atoms with E-state index in [1.165, 1.54) is 11.1 Å². The summed E-state index contributed by atoms with van der Waals surface area (Å²) in [5.74, 6) is 0.305. The number of nitrogen functional groups attached to an aromatic ring is 1. The van der Waals surface area contributed by atoms with E-state index in [2.05, 4.69) is 22.3 Å². The molecule has 0 saturated heterocycles. The van der Waals surface area contributed by atoms with Gasteiger partial charge in [-0.15, -0.1) is 0 Å². The normalized spacial score (nSPS) is 14.8. The Morgan fingerprint density at radius 1 is 1.32 bits per heavy atom. The van der Waals surface area contributed by atoms with Gasteiger partial charge in [-0.25, -0.2) is 0 Å². The Kier molecular flexibility index (Phi) is 2.95. The first-order valence-corrected chi connectivity index (χ1v) is 6.41. The third-order valence-electron chi connectivity index (χ3n) is 3.47. The fraction of sp³-hybridized carbons (Fsp3) is 0.286. The monoisotopic (exact) mass is 256 g/mol. The minimum absolute atomic E-state index is 0.0408. The number of anilines is 1. The minimum Gasteiger partial charge on any atom is -0.382 e. The lowest BCUT2D eigenvalue weighted by molar-refractivity contribution is 0.0740. The number of hydrogen-bond acceptors (Lipinski definition) is 3. The summed E-state index contributed by atoms with van der Waals surface area (Å²) in [7, 11) is 0. The molecule has 1 aromatic carbocycles. The van der Waals surface area contributed by atoms with Gasteiger partial charge in [-0.1, -0.05) is 24.3 Å². The van der Waals surface area contributed by atoms with Gasteiger partial charge in [-0.05, 0) is 24.0 Å². The van der Waals surface area contributed by atoms with Crippen LogP contribution in [0.1, 0.15) is 28.0 Å². The zero-order valence-corrected chi connectivity index (χ0v) is 10.6. The average molecular weight is 256 g/mol. The molecule has 0 bridgehead atoms. The van der Waals surface area contributed by atoms with Crippen LogP contribution in [0.15, 0.2) is 30.3 Å². The number of aromatic nitrogens is 2. The summed E-state index contributed by atoms with van der Waals surface area (Å²) in [6.07, 6.45) is 2.00. The van der Waals surface area contributed by atoms with E-state index in [4.69, 9.17) is 5.73 Å². The Morgan fingerprint density at radius 2 is 2.11 bits per heavy atom. The van der Waals surface area contributed by atoms with Gasteiger partial charge in [0, 0.05) is 19.2 Å². The van der Waals surface area contributed by atoms with Crippen LogP contribution in [-0.2, 0) is 13.0 Å². The summed E-state index contributed by atoms with van der Waals surface area (Å²) in [6.45, 7) is 1.40. The lowest BCUT2D eigenvalue weighted by Gasteiger charge is -2.19. The van der Waals surface area contributed by atoms with E-state index in [1.54, 1.807) is 6.07 Å². The van der Waals surface area contributed by atoms with Gasteiger partial charge in [0.2, 0.25) is 0 Å². The van der Waals surface area contributed by atoms with Gasteiger partial charge in [0.05, 0.1) is 0 Å². The zero-order chi connectivity index (χ0) is 13.2. The third-order valence-corrected chi connectivity index (χ3v) is 3.47. The SMILES string of the molecule is Nc1cc(C(=O)N2CCCc3ccccc3C2)[nH]n1. The lowest BCUT2D eigenvalue weighted by atomic mass is 10.0. The maximum absolute atomic E-state index is 12.4. The van der Waals surface area contributed by atoms with Crippen LogP contribution >= 0.6 is 0 Å². The standard InChI is InChI=1S/C14H16N4O/c15-13-8-12(16-17-13)14(19)18-7-3-6-10-4-1-2-5-11(10)9-18/h1-2,4-5,8H,3,6-7,9H2,(H3,15,16,17). The second kappa shape index (κ2) is 4.76. The van der Waals surface area contributed by atoms with E-state index < -0.39 is 0 Å². The van der Waals surface area contributed by atoms with Crippen LogP contribution in [0.3, 0.4) is 0 Å². The van der Waals surface area contributed by atoms with Crippen LogP contribution in [0.2, 0.25) is 0 Å². The maximum Gasteiger partial charge on any atom is 0.272 e. The zero-order valence-electron chi connectivity index (χ0n) is 10.6. The minimum atomic E-state index is -0.0408. The molecule has 3 N–H and O–H groups in total. The fourth-order valence-corrected chi connectivity index (χ4v) is 2.49. The van der Waals surface area contributed by atoms with Crippen molar-refractivity contribution in [2.45, 2.75) is 19.4 Å². The summed E-state index contributed by atoms with van der Waals surface area (Å²) >= 11 is 0. The van der Waals surface area contributed by atoms with Crippen molar-refractivity contribution in [2.24, 2.45) is 0 Å². The highest BCUT2D eigenvalue weighted by Crippen LogP contribution is 2.19. The summed E-state index contributed by atoms with van der Waals surface area (Å²) < 4.78 is 0. The number of aryl methyl sites for hydroxylation is 1. The molecule has 1 aromatic heterocycles. The van der Waals surface area contributed by atoms with Gasteiger partial charge < -0.3 is 10.6 Å². The van der Waals surface area contributed by atoms with Crippen LogP contribution in [-0.4, -0.2) is 27.5 Å². The van der Waals surface area contributed by atoms with Gasteiger partial charge in [0.25, 0.3) is 5.91 Å². The lowest BCUT2D eigenvalue weighted by Crippen LogP contribution is -2.30. The predicted molar refractivity (Wildman–Crippen MR) is 72.5 cm³/mol. The second-order valence-corrected chi connectivity index (χ2v) is 4.81. The average Bonchev–Trinajstić information content (AvgIpc) is 2.74. The van der Waals surface area contributed by atoms with Gasteiger partial charge in [0.1, 0.15) is 11.5 Å². The molecule has 0 radical (unpaired) electrons. The van der Waals surface area contributed by atoms with E-state index >= 15 is 0 Å². The van der Waals surface area contributed by atoms with Crippen LogP contribution in [0.5, 0.6) is 0 Å². The number of H-pyrrole nitrogens is 1. The van der Waals surface area contributed by atoms with E-state index in [0.717, 1.165) is 19.4 Å². The number of amides is 1. The summed E-state index contributed by atoms with van der Waals surface area (Å²) in [6, 6.07) is 9.87. The van der Waals surface area contributed by atoms with Crippen molar-refractivity contribution in [3.05, 3.63) is 47.2 Å². The molecule has 3 rings (SSSR count). The molecule has 0 saturated carbocycles. The smallest absolute Gasteiger partial charge is 0.272 e. The topological polar surface area (TPSA) is 75.0 Å². The van der Waals surface area contributed by atoms with Crippen LogP contribution in [0, 0.1) is 0 Å². The van der Waals surface area contributed by atoms with Crippen molar-refractivity contribution >= 4 is 11.7 Å². The maximum atomic E-state index is 12.4. The largest absolute Gasteiger partial charge is 0.382 e. The first-order valence-electron chi connectivity index (χ1n) is 6.41. The van der Waals surface area contributed by atoms with E-state index in [1.807, 2.05) is 17.0 Å². The molecule has 0 spiro atoms. The second-order valence-electron chi connectivity index (χ2n) is 4.81. The number of carbonyl (C=O) groups excluding carboxylic acids is 1. The number of aromatic amines is 1. The van der Waals surface area contributed by atoms with Crippen molar-refractivity contribution in [3.63, 3.8) is 0 Å². The van der Waals surface area contributed by atoms with Gasteiger partial charge >= 0.3 is 0 Å². The number of fused-ring (bicyclic) bond motifs is 1. The highest BCUT2D eigenvalue weighted by molar-refractivity contribution is 5.93. The van der Waals surface area contributed by atoms with Crippen LogP contribution in [0.4, 0.5) is 5.82 Å². The van der Waals surface area contributed by atoms with E-state index in [-0.39, 0.29) is 5.91 Å². The molecule has 5 heteroatoms. The molecule has 0 aliphatic carbocycles. The number of nitrogens with one attached hydrogen (secondary N) is 1. The van der Waals surface area contributed by atoms with Crippen molar-refractivity contribution in [1.29, 1.82) is 0 Å². The highest BCUT2D eigenvalue weighted by Gasteiger charge is 2.21. The number of nitrogens with two attached hydrogens (primary N) is 1. The summed E-state index contributed by atoms with van der Waals surface area (Å²) in [4.78, 5) is 14.2. The Morgan fingerprint density at radius 3 is 2.84 bits per heavy atom. The van der Waals surface area contributed by atoms with Crippen molar-refractivity contribution in [2.75, 3.05) is 12.3 Å². The van der Waals surface area contributed by atoms with Crippen molar-refractivity contribution in [3.8, 4) is 0 Å². The number of rotatable bonds is 1. The quantitative estimate of drug-likeness (QED) is 0.813. The molecule has 98 valence electrons. The molecule has 1 aliphatic rings. The molecule has 0 unspecified atom stereocenters. The third kappa shape index (κ3) is 2.31. The number of hydrogen-bond donors (Lipinski definition) is 2. The Hall–Kier alpha value is -2.30. The number of benzene rings is 1. The number of carbonyl (C=O) groups is 1. The van der Waals surface area contributed by atoms with Gasteiger partial charge in [-0.3, -0.25) is 9.89 Å². The highest BCUT2D eigenvalue weighted by atomic mass is 16.2. The molecule has 1 amide bonds. The van der Waals surface area contributed by atoms with E-state index in [9.17, 15) is 4.79 Å². The van der Waals surface area contributed by atoms with Crippen molar-refractivity contribution < 1.29 is 4.79 Å². The predicted octanol–water partition coefficient (Wildman–Crippen LogP) is 1.58. The van der Waals surface area contributed by atoms with E-state index in [0.29, 0.717) is 18.1 Å².